The molecule has 1 atom stereocenters. The van der Waals surface area contributed by atoms with Crippen LogP contribution in [0.4, 0.5) is 5.69 Å². The van der Waals surface area contributed by atoms with Gasteiger partial charge in [-0.1, -0.05) is 53.5 Å². The summed E-state index contributed by atoms with van der Waals surface area (Å²) < 4.78 is 10.9. The van der Waals surface area contributed by atoms with Gasteiger partial charge in [-0.2, -0.15) is 0 Å². The highest BCUT2D eigenvalue weighted by atomic mass is 32.1. The molecule has 0 fully saturated rings. The summed E-state index contributed by atoms with van der Waals surface area (Å²) >= 11 is 1.31. The molecule has 0 amide bonds. The number of methoxy groups -OCH3 is 1. The van der Waals surface area contributed by atoms with Crippen LogP contribution < -0.4 is 9.64 Å². The molecule has 1 aromatic heterocycles. The van der Waals surface area contributed by atoms with Gasteiger partial charge in [0.1, 0.15) is 13.8 Å². The Morgan fingerprint density at radius 1 is 1.00 bits per heavy atom. The standard InChI is InChI=1S/C29H41NO4SSi/c1-10-30(24-14-16-25(33-9)17-15-24)29(28(32)34-11-2,27(31)26-13-12-19-35-26)18-20-36(21(3)4,22(5)6)23(7)8/h12-17,19,21-23H,10-11H2,1-9H3. The Bertz CT molecular complexity index is 1050. The van der Waals surface area contributed by atoms with Gasteiger partial charge in [-0.15, -0.1) is 16.9 Å². The maximum atomic E-state index is 14.3. The van der Waals surface area contributed by atoms with E-state index in [-0.39, 0.29) is 12.4 Å². The third-order valence-electron chi connectivity index (χ3n) is 7.08. The number of anilines is 1. The van der Waals surface area contributed by atoms with Gasteiger partial charge in [0.25, 0.3) is 5.54 Å². The Morgan fingerprint density at radius 2 is 1.58 bits per heavy atom. The van der Waals surface area contributed by atoms with Gasteiger partial charge in [-0.3, -0.25) is 4.79 Å². The van der Waals surface area contributed by atoms with Crippen LogP contribution >= 0.6 is 11.3 Å². The number of thiophene rings is 1. The lowest BCUT2D eigenvalue weighted by Crippen LogP contribution is -2.61. The zero-order valence-electron chi connectivity index (χ0n) is 23.2. The molecule has 0 spiro atoms. The van der Waals surface area contributed by atoms with Crippen LogP contribution in [0.2, 0.25) is 16.6 Å². The van der Waals surface area contributed by atoms with E-state index < -0.39 is 19.6 Å². The molecule has 0 saturated heterocycles. The topological polar surface area (TPSA) is 55.8 Å². The van der Waals surface area contributed by atoms with E-state index in [0.29, 0.717) is 39.5 Å². The molecule has 0 saturated carbocycles. The molecule has 196 valence electrons. The first kappa shape index (κ1) is 29.7. The largest absolute Gasteiger partial charge is 0.497 e. The SMILES string of the molecule is CCOC(=O)C(C#C[Si](C(C)C)(C(C)C)C(C)C)(C(=O)c1cccs1)N(CC)c1ccc(OC)cc1. The summed E-state index contributed by atoms with van der Waals surface area (Å²) in [6.07, 6.45) is 0. The molecule has 0 N–H and O–H groups in total. The molecule has 2 rings (SSSR count). The van der Waals surface area contributed by atoms with Crippen molar-refractivity contribution in [1.29, 1.82) is 0 Å². The summed E-state index contributed by atoms with van der Waals surface area (Å²) in [4.78, 5) is 30.5. The molecular formula is C29H41NO4SSi. The second kappa shape index (κ2) is 12.6. The maximum Gasteiger partial charge on any atom is 0.353 e. The summed E-state index contributed by atoms with van der Waals surface area (Å²) in [5, 5.41) is 1.84. The van der Waals surface area contributed by atoms with E-state index in [1.54, 1.807) is 25.0 Å². The molecule has 1 heterocycles. The number of hydrogen-bond acceptors (Lipinski definition) is 6. The number of esters is 1. The summed E-state index contributed by atoms with van der Waals surface area (Å²) in [5.74, 6) is 3.07. The van der Waals surface area contributed by atoms with Crippen molar-refractivity contribution >= 4 is 36.9 Å². The fraction of sp³-hybridized carbons (Fsp3) is 0.517. The van der Waals surface area contributed by atoms with E-state index in [9.17, 15) is 9.59 Å². The molecule has 5 nitrogen and oxygen atoms in total. The van der Waals surface area contributed by atoms with Crippen LogP contribution in [0, 0.1) is 11.5 Å². The highest BCUT2D eigenvalue weighted by Gasteiger charge is 2.53. The highest BCUT2D eigenvalue weighted by Crippen LogP contribution is 2.41. The van der Waals surface area contributed by atoms with Crippen molar-refractivity contribution in [2.75, 3.05) is 25.2 Å². The highest BCUT2D eigenvalue weighted by molar-refractivity contribution is 7.12. The van der Waals surface area contributed by atoms with Gasteiger partial charge in [0.15, 0.2) is 0 Å². The predicted octanol–water partition coefficient (Wildman–Crippen LogP) is 6.99. The minimum absolute atomic E-state index is 0.154. The summed E-state index contributed by atoms with van der Waals surface area (Å²) in [7, 11) is -0.669. The van der Waals surface area contributed by atoms with Gasteiger partial charge >= 0.3 is 5.97 Å². The van der Waals surface area contributed by atoms with Gasteiger partial charge in [-0.25, -0.2) is 4.79 Å². The van der Waals surface area contributed by atoms with Crippen LogP contribution in [0.5, 0.6) is 5.75 Å². The lowest BCUT2D eigenvalue weighted by molar-refractivity contribution is -0.145. The Kier molecular flexibility index (Phi) is 10.4. The molecule has 1 aromatic carbocycles. The first-order valence-corrected chi connectivity index (χ1v) is 15.8. The van der Waals surface area contributed by atoms with Crippen LogP contribution in [0.1, 0.15) is 65.1 Å². The minimum atomic E-state index is -2.28. The van der Waals surface area contributed by atoms with Gasteiger partial charge < -0.3 is 14.4 Å². The summed E-state index contributed by atoms with van der Waals surface area (Å²) in [5.41, 5.74) is 3.60. The van der Waals surface area contributed by atoms with Crippen LogP contribution in [0.15, 0.2) is 41.8 Å². The van der Waals surface area contributed by atoms with Gasteiger partial charge in [-0.05, 0) is 66.2 Å². The number of carbonyl (C=O) groups excluding carboxylic acids is 2. The second-order valence-corrected chi connectivity index (χ2v) is 16.4. The summed E-state index contributed by atoms with van der Waals surface area (Å²) in [6.45, 7) is 17.5. The molecule has 36 heavy (non-hydrogen) atoms. The normalized spacial score (nSPS) is 13.2. The van der Waals surface area contributed by atoms with E-state index in [1.807, 2.05) is 42.6 Å². The Labute approximate surface area is 222 Å². The number of hydrogen-bond donors (Lipinski definition) is 0. The van der Waals surface area contributed by atoms with Crippen LogP contribution in [-0.2, 0) is 9.53 Å². The van der Waals surface area contributed by atoms with Crippen molar-refractivity contribution in [3.8, 4) is 17.2 Å². The van der Waals surface area contributed by atoms with Crippen molar-refractivity contribution in [3.63, 3.8) is 0 Å². The van der Waals surface area contributed by atoms with E-state index in [1.165, 1.54) is 11.3 Å². The number of Topliss-reactive ketones (excluding diaryl/α,β-unsaturated/α-hetero) is 1. The van der Waals surface area contributed by atoms with Crippen molar-refractivity contribution in [3.05, 3.63) is 46.7 Å². The number of benzene rings is 1. The maximum absolute atomic E-state index is 14.3. The lowest BCUT2D eigenvalue weighted by atomic mass is 9.90. The molecule has 0 radical (unpaired) electrons. The molecule has 0 aliphatic carbocycles. The Morgan fingerprint density at radius 3 is 2.00 bits per heavy atom. The monoisotopic (exact) mass is 527 g/mol. The van der Waals surface area contributed by atoms with Crippen LogP contribution in [0.3, 0.4) is 0 Å². The number of likely N-dealkylation sites (N-methyl/N-ethyl adjacent to an activating group) is 1. The molecular weight excluding hydrogens is 486 g/mol. The second-order valence-electron chi connectivity index (χ2n) is 9.83. The molecule has 2 aromatic rings. The van der Waals surface area contributed by atoms with Gasteiger partial charge in [0.05, 0.1) is 18.6 Å². The number of ether oxygens (including phenoxy) is 2. The first-order chi connectivity index (χ1) is 17.0. The molecule has 0 aliphatic rings. The summed E-state index contributed by atoms with van der Waals surface area (Å²) in [6, 6.07) is 10.9. The van der Waals surface area contributed by atoms with E-state index in [2.05, 4.69) is 53.0 Å². The predicted molar refractivity (Wildman–Crippen MR) is 153 cm³/mol. The van der Waals surface area contributed by atoms with Crippen molar-refractivity contribution in [1.82, 2.24) is 0 Å². The minimum Gasteiger partial charge on any atom is -0.497 e. The quantitative estimate of drug-likeness (QED) is 0.104. The van der Waals surface area contributed by atoms with E-state index in [0.717, 1.165) is 0 Å². The number of ketones is 1. The Balaban J connectivity index is 2.96. The molecule has 0 bridgehead atoms. The van der Waals surface area contributed by atoms with E-state index in [4.69, 9.17) is 9.47 Å². The van der Waals surface area contributed by atoms with Gasteiger partial charge in [0.2, 0.25) is 5.78 Å². The molecule has 0 aliphatic heterocycles. The fourth-order valence-electron chi connectivity index (χ4n) is 5.33. The average molecular weight is 528 g/mol. The Hall–Kier alpha value is -2.56. The third-order valence-corrected chi connectivity index (χ3v) is 14.2. The third kappa shape index (κ3) is 5.55. The van der Waals surface area contributed by atoms with Crippen molar-refractivity contribution in [2.24, 2.45) is 0 Å². The van der Waals surface area contributed by atoms with Crippen molar-refractivity contribution in [2.45, 2.75) is 77.6 Å². The van der Waals surface area contributed by atoms with Gasteiger partial charge in [0, 0.05) is 12.2 Å². The van der Waals surface area contributed by atoms with Crippen LogP contribution in [-0.4, -0.2) is 45.6 Å². The smallest absolute Gasteiger partial charge is 0.353 e. The first-order valence-electron chi connectivity index (χ1n) is 12.7. The average Bonchev–Trinajstić information content (AvgIpc) is 3.38. The lowest BCUT2D eigenvalue weighted by Gasteiger charge is -2.40. The molecule has 1 unspecified atom stereocenters. The number of rotatable bonds is 11. The van der Waals surface area contributed by atoms with Crippen LogP contribution in [0.25, 0.3) is 0 Å². The molecule has 7 heteroatoms. The number of nitrogens with zero attached hydrogens (tertiary/aromatic N) is 1. The van der Waals surface area contributed by atoms with E-state index >= 15 is 0 Å². The zero-order chi connectivity index (χ0) is 27.1. The zero-order valence-corrected chi connectivity index (χ0v) is 25.0. The number of carbonyl (C=O) groups is 2. The fourth-order valence-corrected chi connectivity index (χ4v) is 11.3. The van der Waals surface area contributed by atoms with Crippen molar-refractivity contribution < 1.29 is 19.1 Å².